The first-order valence-corrected chi connectivity index (χ1v) is 15.5. The van der Waals surface area contributed by atoms with E-state index in [4.69, 9.17) is 4.74 Å². The van der Waals surface area contributed by atoms with Gasteiger partial charge in [0.25, 0.3) is 0 Å². The molecule has 2 heterocycles. The van der Waals surface area contributed by atoms with E-state index < -0.39 is 0 Å². The summed E-state index contributed by atoms with van der Waals surface area (Å²) in [6.45, 7) is 0. The smallest absolute Gasteiger partial charge is 0.151 e. The monoisotopic (exact) mass is 591 g/mol. The number of para-hydroxylation sites is 5. The summed E-state index contributed by atoms with van der Waals surface area (Å²) in [6, 6.07) is 59.6. The molecule has 0 unspecified atom stereocenters. The first kappa shape index (κ1) is 26.2. The number of hydrogen-bond acceptors (Lipinski definition) is 3. The Kier molecular flexibility index (Phi) is 6.10. The Balaban J connectivity index is 1.15. The van der Waals surface area contributed by atoms with Gasteiger partial charge in [-0.05, 0) is 83.9 Å². The largest absolute Gasteiger partial charge is 0.453 e. The van der Waals surface area contributed by atoms with Gasteiger partial charge in [-0.1, -0.05) is 97.1 Å². The van der Waals surface area contributed by atoms with Gasteiger partial charge in [0.15, 0.2) is 11.5 Å². The molecule has 7 aromatic carbocycles. The van der Waals surface area contributed by atoms with Crippen LogP contribution in [0, 0.1) is 0 Å². The van der Waals surface area contributed by atoms with Gasteiger partial charge < -0.3 is 19.5 Å². The third kappa shape index (κ3) is 4.39. The Bertz CT molecular complexity index is 2330. The van der Waals surface area contributed by atoms with E-state index in [-0.39, 0.29) is 0 Å². The predicted molar refractivity (Wildman–Crippen MR) is 191 cm³/mol. The van der Waals surface area contributed by atoms with Gasteiger partial charge in [0.2, 0.25) is 0 Å². The van der Waals surface area contributed by atoms with E-state index in [1.165, 1.54) is 27.4 Å². The zero-order chi connectivity index (χ0) is 30.5. The van der Waals surface area contributed by atoms with Crippen molar-refractivity contribution in [1.82, 2.24) is 4.57 Å². The van der Waals surface area contributed by atoms with E-state index in [9.17, 15) is 0 Å². The fraction of sp³-hybridized carbons (Fsp3) is 0. The number of anilines is 5. The van der Waals surface area contributed by atoms with Crippen LogP contribution in [0.1, 0.15) is 0 Å². The zero-order valence-corrected chi connectivity index (χ0v) is 25.0. The molecule has 0 spiro atoms. The van der Waals surface area contributed by atoms with Crippen LogP contribution in [0.15, 0.2) is 170 Å². The van der Waals surface area contributed by atoms with Crippen molar-refractivity contribution in [2.24, 2.45) is 0 Å². The maximum atomic E-state index is 6.28. The van der Waals surface area contributed by atoms with E-state index in [0.717, 1.165) is 51.1 Å². The molecular weight excluding hydrogens is 562 g/mol. The van der Waals surface area contributed by atoms with Gasteiger partial charge in [0, 0.05) is 33.5 Å². The Hall–Kier alpha value is -6.26. The van der Waals surface area contributed by atoms with Crippen molar-refractivity contribution < 1.29 is 4.74 Å². The molecule has 1 N–H and O–H groups in total. The molecule has 8 aromatic rings. The fourth-order valence-electron chi connectivity index (χ4n) is 6.62. The van der Waals surface area contributed by atoms with E-state index in [2.05, 4.69) is 154 Å². The number of fused-ring (bicyclic) bond motifs is 5. The van der Waals surface area contributed by atoms with Crippen molar-refractivity contribution in [3.05, 3.63) is 170 Å². The summed E-state index contributed by atoms with van der Waals surface area (Å²) in [5, 5.41) is 6.09. The third-order valence-corrected chi connectivity index (χ3v) is 8.73. The quantitative estimate of drug-likeness (QED) is 0.216. The minimum Gasteiger partial charge on any atom is -0.453 e. The van der Waals surface area contributed by atoms with Crippen LogP contribution < -0.4 is 15.0 Å². The molecule has 0 atom stereocenters. The fourth-order valence-corrected chi connectivity index (χ4v) is 6.62. The van der Waals surface area contributed by atoms with Crippen molar-refractivity contribution in [1.29, 1.82) is 0 Å². The van der Waals surface area contributed by atoms with Gasteiger partial charge in [-0.25, -0.2) is 0 Å². The maximum Gasteiger partial charge on any atom is 0.151 e. The number of rotatable bonds is 5. The summed E-state index contributed by atoms with van der Waals surface area (Å²) < 4.78 is 8.66. The second-order valence-electron chi connectivity index (χ2n) is 11.5. The average molecular weight is 592 g/mol. The lowest BCUT2D eigenvalue weighted by molar-refractivity contribution is 0.477. The van der Waals surface area contributed by atoms with Gasteiger partial charge in [-0.3, -0.25) is 0 Å². The summed E-state index contributed by atoms with van der Waals surface area (Å²) in [5.74, 6) is 1.69. The molecular formula is C42H29N3O. The highest BCUT2D eigenvalue weighted by Crippen LogP contribution is 2.50. The Labute approximate surface area is 267 Å². The van der Waals surface area contributed by atoms with Crippen LogP contribution in [0.2, 0.25) is 0 Å². The van der Waals surface area contributed by atoms with Crippen LogP contribution in [0.25, 0.3) is 38.6 Å². The van der Waals surface area contributed by atoms with Crippen molar-refractivity contribution in [3.63, 3.8) is 0 Å². The molecule has 218 valence electrons. The Morgan fingerprint density at radius 3 is 1.80 bits per heavy atom. The number of nitrogens with zero attached hydrogens (tertiary/aromatic N) is 2. The molecule has 1 aliphatic rings. The normalized spacial score (nSPS) is 12.0. The molecule has 1 aliphatic heterocycles. The second-order valence-corrected chi connectivity index (χ2v) is 11.5. The summed E-state index contributed by atoms with van der Waals surface area (Å²) in [7, 11) is 0. The molecule has 46 heavy (non-hydrogen) atoms. The van der Waals surface area contributed by atoms with Gasteiger partial charge in [0.1, 0.15) is 0 Å². The lowest BCUT2D eigenvalue weighted by Gasteiger charge is -2.33. The molecule has 0 bridgehead atoms. The molecule has 4 nitrogen and oxygen atoms in total. The molecule has 0 fully saturated rings. The molecule has 9 rings (SSSR count). The summed E-state index contributed by atoms with van der Waals surface area (Å²) in [6.07, 6.45) is 0. The van der Waals surface area contributed by atoms with Gasteiger partial charge in [-0.15, -0.1) is 0 Å². The van der Waals surface area contributed by atoms with Crippen LogP contribution in [0.4, 0.5) is 28.4 Å². The van der Waals surface area contributed by atoms with E-state index in [0.29, 0.717) is 0 Å². The first-order valence-electron chi connectivity index (χ1n) is 15.5. The second kappa shape index (κ2) is 10.7. The highest BCUT2D eigenvalue weighted by molar-refractivity contribution is 6.10. The first-order chi connectivity index (χ1) is 22.8. The van der Waals surface area contributed by atoms with Crippen LogP contribution in [-0.4, -0.2) is 4.57 Å². The van der Waals surface area contributed by atoms with Crippen LogP contribution in [-0.2, 0) is 0 Å². The van der Waals surface area contributed by atoms with Crippen LogP contribution in [0.5, 0.6) is 11.5 Å². The predicted octanol–water partition coefficient (Wildman–Crippen LogP) is 11.8. The number of nitrogens with one attached hydrogen (secondary N) is 1. The van der Waals surface area contributed by atoms with Gasteiger partial charge in [0.05, 0.1) is 22.4 Å². The number of hydrogen-bond donors (Lipinski definition) is 1. The third-order valence-electron chi connectivity index (χ3n) is 8.73. The van der Waals surface area contributed by atoms with Gasteiger partial charge >= 0.3 is 0 Å². The molecule has 0 saturated carbocycles. The zero-order valence-electron chi connectivity index (χ0n) is 25.0. The summed E-state index contributed by atoms with van der Waals surface area (Å²) in [5.41, 5.74) is 11.0. The Morgan fingerprint density at radius 1 is 0.413 bits per heavy atom. The van der Waals surface area contributed by atoms with Crippen molar-refractivity contribution in [3.8, 4) is 28.3 Å². The van der Waals surface area contributed by atoms with Crippen LogP contribution in [0.3, 0.4) is 0 Å². The maximum absolute atomic E-state index is 6.28. The molecule has 0 saturated heterocycles. The Morgan fingerprint density at radius 2 is 1.02 bits per heavy atom. The lowest BCUT2D eigenvalue weighted by atomic mass is 10.1. The topological polar surface area (TPSA) is 29.4 Å². The van der Waals surface area contributed by atoms with Crippen LogP contribution >= 0.6 is 0 Å². The highest BCUT2D eigenvalue weighted by Gasteiger charge is 2.25. The van der Waals surface area contributed by atoms with E-state index in [1.807, 2.05) is 30.3 Å². The average Bonchev–Trinajstić information content (AvgIpc) is 3.45. The highest BCUT2D eigenvalue weighted by atomic mass is 16.5. The number of ether oxygens (including phenoxy) is 1. The SMILES string of the molecule is c1ccc(-c2ccc(Nc3ccc4c5ccccc5n(-c5cccc(N6c7ccccc7Oc7ccccc76)c5)c4c3)cc2)cc1. The number of benzene rings is 7. The summed E-state index contributed by atoms with van der Waals surface area (Å²) in [4.78, 5) is 2.29. The summed E-state index contributed by atoms with van der Waals surface area (Å²) >= 11 is 0. The van der Waals surface area contributed by atoms with Gasteiger partial charge in [-0.2, -0.15) is 0 Å². The molecule has 4 heteroatoms. The van der Waals surface area contributed by atoms with Crippen molar-refractivity contribution in [2.75, 3.05) is 10.2 Å². The lowest BCUT2D eigenvalue weighted by Crippen LogP contribution is -2.15. The minimum atomic E-state index is 0.844. The molecule has 0 radical (unpaired) electrons. The van der Waals surface area contributed by atoms with Crippen molar-refractivity contribution >= 4 is 50.2 Å². The van der Waals surface area contributed by atoms with E-state index in [1.54, 1.807) is 0 Å². The number of aromatic nitrogens is 1. The van der Waals surface area contributed by atoms with E-state index >= 15 is 0 Å². The van der Waals surface area contributed by atoms with Crippen molar-refractivity contribution in [2.45, 2.75) is 0 Å². The standard InChI is InChI=1S/C42H29N3O/c1-2-11-29(12-3-1)30-21-23-31(24-22-30)43-32-25-26-36-35-15-4-5-16-37(35)44(40(36)27-32)33-13-10-14-34(28-33)45-38-17-6-8-19-41(38)46-42-20-9-7-18-39(42)45/h1-28,43H. The molecule has 1 aromatic heterocycles. The molecule has 0 aliphatic carbocycles. The minimum absolute atomic E-state index is 0.844. The molecule has 0 amide bonds.